The monoisotopic (exact) mass is 472 g/mol. The number of aliphatic hydroxyl groups excluding tert-OH is 1. The van der Waals surface area contributed by atoms with Crippen LogP contribution in [0.25, 0.3) is 11.3 Å². The van der Waals surface area contributed by atoms with E-state index in [1.54, 1.807) is 55.8 Å². The van der Waals surface area contributed by atoms with Gasteiger partial charge in [0, 0.05) is 43.2 Å². The highest BCUT2D eigenvalue weighted by Crippen LogP contribution is 2.40. The molecule has 3 aromatic rings. The highest BCUT2D eigenvalue weighted by Gasteiger charge is 2.25. The van der Waals surface area contributed by atoms with Crippen LogP contribution in [0.2, 0.25) is 0 Å². The number of aromatic nitrogens is 2. The topological polar surface area (TPSA) is 100 Å². The average Bonchev–Trinajstić information content (AvgIpc) is 3.56. The molecule has 10 heteroatoms. The molecule has 1 fully saturated rings. The second kappa shape index (κ2) is 10.2. The van der Waals surface area contributed by atoms with Gasteiger partial charge < -0.3 is 24.2 Å². The maximum Gasteiger partial charge on any atom is 0.271 e. The number of carbonyl (C=O) groups excluding carboxylic acids is 1. The third-order valence-corrected chi connectivity index (χ3v) is 6.70. The Hall–Kier alpha value is -3.08. The molecule has 3 heterocycles. The molecule has 0 saturated carbocycles. The molecule has 2 aromatic heterocycles. The summed E-state index contributed by atoms with van der Waals surface area (Å²) in [5, 5.41) is 19.5. The third-order valence-electron chi connectivity index (χ3n) is 5.73. The van der Waals surface area contributed by atoms with E-state index in [0.29, 0.717) is 61.4 Å². The lowest BCUT2D eigenvalue weighted by atomic mass is 10.1. The van der Waals surface area contributed by atoms with Crippen LogP contribution in [0.4, 0.5) is 0 Å². The highest BCUT2D eigenvalue weighted by atomic mass is 32.1. The molecule has 4 rings (SSSR count). The summed E-state index contributed by atoms with van der Waals surface area (Å²) in [6.45, 7) is 3.17. The van der Waals surface area contributed by atoms with Crippen LogP contribution in [0, 0.1) is 0 Å². The number of nitrogens with one attached hydrogen (secondary N) is 1. The first-order chi connectivity index (χ1) is 16.0. The van der Waals surface area contributed by atoms with E-state index in [9.17, 15) is 9.90 Å². The van der Waals surface area contributed by atoms with Crippen LogP contribution >= 0.6 is 11.3 Å². The summed E-state index contributed by atoms with van der Waals surface area (Å²) in [5.74, 6) is 1.43. The van der Waals surface area contributed by atoms with E-state index < -0.39 is 6.10 Å². The van der Waals surface area contributed by atoms with Crippen molar-refractivity contribution in [3.05, 3.63) is 46.3 Å². The lowest BCUT2D eigenvalue weighted by Gasteiger charge is -2.35. The standard InChI is InChI=1S/C23H28N4O5S/c1-30-19-11-15(12-20(31-2)22(19)32-3)16-13-17(25-24-16)23(29)27-8-6-26(7-9-27)14-18(28)21-5-4-10-33-21/h4-5,10-13,18,28H,6-9,14H2,1-3H3,(H,24,25). The Kier molecular flexibility index (Phi) is 7.17. The number of piperazine rings is 1. The van der Waals surface area contributed by atoms with E-state index in [1.807, 2.05) is 17.5 Å². The van der Waals surface area contributed by atoms with Crippen LogP contribution in [0.5, 0.6) is 17.2 Å². The molecular formula is C23H28N4O5S. The van der Waals surface area contributed by atoms with Crippen molar-refractivity contribution >= 4 is 17.2 Å². The minimum absolute atomic E-state index is 0.0975. The smallest absolute Gasteiger partial charge is 0.271 e. The highest BCUT2D eigenvalue weighted by molar-refractivity contribution is 7.10. The zero-order chi connectivity index (χ0) is 23.4. The summed E-state index contributed by atoms with van der Waals surface area (Å²) in [7, 11) is 4.66. The minimum Gasteiger partial charge on any atom is -0.493 e. The molecule has 0 aliphatic carbocycles. The number of rotatable bonds is 8. The summed E-state index contributed by atoms with van der Waals surface area (Å²) in [5.41, 5.74) is 1.77. The second-order valence-electron chi connectivity index (χ2n) is 7.70. The van der Waals surface area contributed by atoms with Crippen molar-refractivity contribution in [2.24, 2.45) is 0 Å². The summed E-state index contributed by atoms with van der Waals surface area (Å²) in [4.78, 5) is 18.0. The Morgan fingerprint density at radius 2 is 1.82 bits per heavy atom. The number of amides is 1. The zero-order valence-corrected chi connectivity index (χ0v) is 19.7. The van der Waals surface area contributed by atoms with Crippen LogP contribution in [-0.4, -0.2) is 85.1 Å². The normalized spacial score (nSPS) is 15.3. The van der Waals surface area contributed by atoms with E-state index in [4.69, 9.17) is 14.2 Å². The second-order valence-corrected chi connectivity index (χ2v) is 8.68. The van der Waals surface area contributed by atoms with Gasteiger partial charge in [-0.15, -0.1) is 11.3 Å². The summed E-state index contributed by atoms with van der Waals surface area (Å²) in [6.07, 6.45) is -0.499. The fourth-order valence-corrected chi connectivity index (χ4v) is 4.63. The Balaban J connectivity index is 1.41. The van der Waals surface area contributed by atoms with Crippen molar-refractivity contribution in [3.63, 3.8) is 0 Å². The van der Waals surface area contributed by atoms with Crippen molar-refractivity contribution in [1.82, 2.24) is 20.0 Å². The molecule has 33 heavy (non-hydrogen) atoms. The summed E-state index contributed by atoms with van der Waals surface area (Å²) >= 11 is 1.55. The molecule has 1 aromatic carbocycles. The number of carbonyl (C=O) groups is 1. The number of methoxy groups -OCH3 is 3. The van der Waals surface area contributed by atoms with Gasteiger partial charge in [-0.05, 0) is 29.6 Å². The van der Waals surface area contributed by atoms with Crippen molar-refractivity contribution in [3.8, 4) is 28.5 Å². The molecule has 2 N–H and O–H groups in total. The molecule has 0 bridgehead atoms. The lowest BCUT2D eigenvalue weighted by Crippen LogP contribution is -2.49. The number of ether oxygens (including phenoxy) is 3. The van der Waals surface area contributed by atoms with Gasteiger partial charge in [-0.3, -0.25) is 14.8 Å². The quantitative estimate of drug-likeness (QED) is 0.520. The van der Waals surface area contributed by atoms with Gasteiger partial charge in [-0.25, -0.2) is 0 Å². The molecule has 1 saturated heterocycles. The molecule has 1 atom stereocenters. The number of nitrogens with zero attached hydrogens (tertiary/aromatic N) is 3. The van der Waals surface area contributed by atoms with Crippen molar-refractivity contribution in [1.29, 1.82) is 0 Å². The number of benzene rings is 1. The maximum absolute atomic E-state index is 13.0. The first-order valence-corrected chi connectivity index (χ1v) is 11.5. The van der Waals surface area contributed by atoms with Gasteiger partial charge in [-0.2, -0.15) is 5.10 Å². The van der Waals surface area contributed by atoms with Crippen molar-refractivity contribution in [2.75, 3.05) is 54.1 Å². The Morgan fingerprint density at radius 1 is 1.12 bits per heavy atom. The number of aliphatic hydroxyl groups is 1. The van der Waals surface area contributed by atoms with E-state index in [-0.39, 0.29) is 5.91 Å². The van der Waals surface area contributed by atoms with E-state index >= 15 is 0 Å². The summed E-state index contributed by atoms with van der Waals surface area (Å²) in [6, 6.07) is 9.21. The number of aromatic amines is 1. The molecule has 1 aliphatic heterocycles. The molecule has 1 aliphatic rings. The van der Waals surface area contributed by atoms with E-state index in [2.05, 4.69) is 15.1 Å². The van der Waals surface area contributed by atoms with Crippen LogP contribution in [0.15, 0.2) is 35.7 Å². The van der Waals surface area contributed by atoms with E-state index in [1.165, 1.54) is 0 Å². The van der Waals surface area contributed by atoms with Gasteiger partial charge >= 0.3 is 0 Å². The number of hydrogen-bond donors (Lipinski definition) is 2. The first-order valence-electron chi connectivity index (χ1n) is 10.6. The fourth-order valence-electron chi connectivity index (χ4n) is 3.93. The molecular weight excluding hydrogens is 444 g/mol. The van der Waals surface area contributed by atoms with Gasteiger partial charge in [0.1, 0.15) is 11.8 Å². The van der Waals surface area contributed by atoms with E-state index in [0.717, 1.165) is 10.4 Å². The molecule has 1 unspecified atom stereocenters. The Morgan fingerprint density at radius 3 is 2.39 bits per heavy atom. The van der Waals surface area contributed by atoms with Crippen LogP contribution in [0.1, 0.15) is 21.5 Å². The SMILES string of the molecule is COc1cc(-c2cc(C(=O)N3CCN(CC(O)c4cccs4)CC3)[nH]n2)cc(OC)c1OC. The van der Waals surface area contributed by atoms with Gasteiger partial charge in [0.2, 0.25) is 5.75 Å². The van der Waals surface area contributed by atoms with Crippen LogP contribution in [-0.2, 0) is 0 Å². The van der Waals surface area contributed by atoms with Gasteiger partial charge in [0.05, 0.1) is 27.0 Å². The summed E-state index contributed by atoms with van der Waals surface area (Å²) < 4.78 is 16.2. The predicted molar refractivity (Wildman–Crippen MR) is 125 cm³/mol. The largest absolute Gasteiger partial charge is 0.493 e. The lowest BCUT2D eigenvalue weighted by molar-refractivity contribution is 0.0528. The maximum atomic E-state index is 13.0. The average molecular weight is 473 g/mol. The fraction of sp³-hybridized carbons (Fsp3) is 0.391. The molecule has 176 valence electrons. The first kappa shape index (κ1) is 23.1. The number of hydrogen-bond acceptors (Lipinski definition) is 8. The Bertz CT molecular complexity index is 1050. The third kappa shape index (κ3) is 4.97. The van der Waals surface area contributed by atoms with Gasteiger partial charge in [-0.1, -0.05) is 6.07 Å². The molecule has 0 radical (unpaired) electrons. The molecule has 0 spiro atoms. The number of β-amino-alcohol motifs (C(OH)–C–C–N with tert-alkyl or cyclic N) is 1. The van der Waals surface area contributed by atoms with Gasteiger partial charge in [0.25, 0.3) is 5.91 Å². The van der Waals surface area contributed by atoms with Crippen LogP contribution < -0.4 is 14.2 Å². The zero-order valence-electron chi connectivity index (χ0n) is 18.9. The predicted octanol–water partition coefficient (Wildman–Crippen LogP) is 2.66. The Labute approximate surface area is 196 Å². The van der Waals surface area contributed by atoms with Crippen molar-refractivity contribution < 1.29 is 24.1 Å². The van der Waals surface area contributed by atoms with Crippen LogP contribution in [0.3, 0.4) is 0 Å². The molecule has 1 amide bonds. The molecule has 9 nitrogen and oxygen atoms in total. The van der Waals surface area contributed by atoms with Crippen molar-refractivity contribution in [2.45, 2.75) is 6.10 Å². The van der Waals surface area contributed by atoms with Gasteiger partial charge in [0.15, 0.2) is 11.5 Å². The minimum atomic E-state index is -0.499. The number of thiophene rings is 1. The number of H-pyrrole nitrogens is 1.